The van der Waals surface area contributed by atoms with E-state index in [2.05, 4.69) is 0 Å². The minimum Gasteiger partial charge on any atom is -0.335 e. The summed E-state index contributed by atoms with van der Waals surface area (Å²) >= 11 is -1.07. The molecule has 3 heteroatoms. The van der Waals surface area contributed by atoms with E-state index in [9.17, 15) is 0 Å². The minimum absolute atomic E-state index is 0.541. The first-order chi connectivity index (χ1) is 1.91. The fourth-order valence-corrected chi connectivity index (χ4v) is 0. The molecule has 0 fully saturated rings. The summed E-state index contributed by atoms with van der Waals surface area (Å²) < 4.78 is 8.16. The van der Waals surface area contributed by atoms with Crippen LogP contribution in [0.4, 0.5) is 0 Å². The zero-order valence-corrected chi connectivity index (χ0v) is 3.97. The Morgan fingerprint density at radius 3 is 2.25 bits per heavy atom. The average Bonchev–Trinajstić information content (AvgIpc) is 1.37. The molecule has 0 unspecified atom stereocenters. The van der Waals surface area contributed by atoms with E-state index < -0.39 is 21.6 Å². The van der Waals surface area contributed by atoms with E-state index in [4.69, 9.17) is 8.23 Å². The van der Waals surface area contributed by atoms with Crippen molar-refractivity contribution in [1.82, 2.24) is 0 Å². The molecule has 0 aliphatic rings. The molecular weight excluding hydrogens is 171 g/mol. The van der Waals surface area contributed by atoms with Crippen LogP contribution in [0.5, 0.6) is 0 Å². The van der Waals surface area contributed by atoms with Gasteiger partial charge in [-0.05, 0) is 0 Å². The number of hydrogen-bond acceptors (Lipinski definition) is 2. The molecule has 25 valence electrons. The monoisotopic (exact) mass is 173 g/mol. The van der Waals surface area contributed by atoms with Gasteiger partial charge in [0.15, 0.2) is 4.29 Å². The van der Waals surface area contributed by atoms with Gasteiger partial charge in [0, 0.05) is 0 Å². The van der Waals surface area contributed by atoms with Gasteiger partial charge in [-0.25, -0.2) is 0 Å². The summed E-state index contributed by atoms with van der Waals surface area (Å²) in [6.07, 6.45) is 0. The Labute approximate surface area is 34.6 Å². The molecule has 1 N–H and O–H groups in total. The van der Waals surface area contributed by atoms with Crippen LogP contribution in [0.1, 0.15) is 0 Å². The van der Waals surface area contributed by atoms with E-state index in [1.54, 1.807) is 0 Å². The quantitative estimate of drug-likeness (QED) is 0.345. The van der Waals surface area contributed by atoms with Crippen molar-refractivity contribution >= 4 is 25.9 Å². The lowest BCUT2D eigenvalue weighted by molar-refractivity contribution is 0.571. The first-order valence-electron chi connectivity index (χ1n) is 0.623. The average molecular weight is 173 g/mol. The minimum atomic E-state index is -1.07. The predicted octanol–water partition coefficient (Wildman–Crippen LogP) is 0.0546. The number of carbonyl (C=O) groups excluding carboxylic acids is 1. The number of rotatable bonds is 1. The van der Waals surface area contributed by atoms with E-state index in [-0.39, 0.29) is 0 Å². The number of hydrogen-bond donors (Lipinski definition) is 1. The molecule has 0 aromatic heterocycles. The van der Waals surface area contributed by atoms with Crippen LogP contribution in [0.2, 0.25) is 0 Å². The van der Waals surface area contributed by atoms with E-state index in [1.807, 2.05) is 0 Å². The Bertz CT molecular complexity index is 20.0. The van der Waals surface area contributed by atoms with Crippen LogP contribution in [0.15, 0.2) is 0 Å². The van der Waals surface area contributed by atoms with Crippen molar-refractivity contribution in [3.63, 3.8) is 0 Å². The summed E-state index contributed by atoms with van der Waals surface area (Å²) in [5.74, 6) is 0. The molecular formula is CH2IO2. The molecule has 0 bridgehead atoms. The SMILES string of the molecule is O=C[I]O. The Balaban J connectivity index is 2.30. The van der Waals surface area contributed by atoms with Crippen molar-refractivity contribution in [3.05, 3.63) is 0 Å². The molecule has 0 aliphatic carbocycles. The zero-order valence-electron chi connectivity index (χ0n) is 1.81. The molecule has 0 aromatic carbocycles. The summed E-state index contributed by atoms with van der Waals surface area (Å²) in [5.41, 5.74) is 0. The smallest absolute Gasteiger partial charge is 0.197 e. The summed E-state index contributed by atoms with van der Waals surface area (Å²) in [4.78, 5) is 8.97. The van der Waals surface area contributed by atoms with E-state index in [0.717, 1.165) is 0 Å². The molecule has 0 atom stereocenters. The Morgan fingerprint density at radius 1 is 2.00 bits per heavy atom. The molecule has 2 nitrogen and oxygen atoms in total. The summed E-state index contributed by atoms with van der Waals surface area (Å²) in [7, 11) is 0. The van der Waals surface area contributed by atoms with Crippen molar-refractivity contribution in [3.8, 4) is 0 Å². The van der Waals surface area contributed by atoms with Gasteiger partial charge in [0.25, 0.3) is 0 Å². The largest absolute Gasteiger partial charge is 0.335 e. The third-order valence-corrected chi connectivity index (χ3v) is 0.267. The first kappa shape index (κ1) is 4.36. The molecule has 0 spiro atoms. The maximum atomic E-state index is 8.97. The molecule has 0 rings (SSSR count). The summed E-state index contributed by atoms with van der Waals surface area (Å²) in [6, 6.07) is 0. The van der Waals surface area contributed by atoms with Crippen LogP contribution in [-0.2, 0) is 4.79 Å². The van der Waals surface area contributed by atoms with E-state index >= 15 is 0 Å². The molecule has 0 saturated heterocycles. The van der Waals surface area contributed by atoms with Gasteiger partial charge in [0.05, 0.1) is 21.6 Å². The molecule has 0 heterocycles. The lowest BCUT2D eigenvalue weighted by Crippen LogP contribution is -1.40. The van der Waals surface area contributed by atoms with Crippen molar-refractivity contribution in [2.24, 2.45) is 0 Å². The van der Waals surface area contributed by atoms with E-state index in [1.165, 1.54) is 0 Å². The highest BCUT2D eigenvalue weighted by molar-refractivity contribution is 14.2. The van der Waals surface area contributed by atoms with Crippen molar-refractivity contribution in [1.29, 1.82) is 0 Å². The molecule has 0 saturated carbocycles. The number of carbonyl (C=O) groups is 1. The highest BCUT2D eigenvalue weighted by Gasteiger charge is 1.55. The highest BCUT2D eigenvalue weighted by Crippen LogP contribution is 1.87. The number of halogens is 1. The van der Waals surface area contributed by atoms with Crippen molar-refractivity contribution in [2.45, 2.75) is 0 Å². The van der Waals surface area contributed by atoms with Gasteiger partial charge in [-0.3, -0.25) is 4.79 Å². The van der Waals surface area contributed by atoms with Gasteiger partial charge in [-0.1, -0.05) is 0 Å². The van der Waals surface area contributed by atoms with Gasteiger partial charge in [0.1, 0.15) is 0 Å². The Kier molecular flexibility index (Phi) is 3.66. The van der Waals surface area contributed by atoms with Crippen molar-refractivity contribution in [2.75, 3.05) is 0 Å². The fraction of sp³-hybridized carbons (Fsp3) is 0. The van der Waals surface area contributed by atoms with Gasteiger partial charge in [0.2, 0.25) is 0 Å². The predicted molar refractivity (Wildman–Crippen MR) is 23.0 cm³/mol. The molecule has 0 aliphatic heterocycles. The van der Waals surface area contributed by atoms with Gasteiger partial charge < -0.3 is 3.44 Å². The lowest BCUT2D eigenvalue weighted by atomic mass is 11.9. The molecule has 0 aromatic rings. The molecule has 4 heavy (non-hydrogen) atoms. The maximum Gasteiger partial charge on any atom is 0.197 e. The normalized spacial score (nSPS) is 6.25. The van der Waals surface area contributed by atoms with E-state index in [0.29, 0.717) is 4.29 Å². The Hall–Kier alpha value is 0.360. The second kappa shape index (κ2) is 3.36. The first-order valence-corrected chi connectivity index (χ1v) is 2.83. The van der Waals surface area contributed by atoms with Gasteiger partial charge >= 0.3 is 0 Å². The topological polar surface area (TPSA) is 37.3 Å². The molecule has 1 radical (unpaired) electrons. The van der Waals surface area contributed by atoms with Gasteiger partial charge in [-0.2, -0.15) is 0 Å². The summed E-state index contributed by atoms with van der Waals surface area (Å²) in [5, 5.41) is 0. The second-order valence-corrected chi connectivity index (χ2v) is 1.25. The zero-order chi connectivity index (χ0) is 3.41. The van der Waals surface area contributed by atoms with Crippen LogP contribution in [0, 0.1) is 0 Å². The van der Waals surface area contributed by atoms with Crippen LogP contribution < -0.4 is 0 Å². The van der Waals surface area contributed by atoms with Crippen LogP contribution in [0.3, 0.4) is 0 Å². The van der Waals surface area contributed by atoms with Crippen LogP contribution in [0.25, 0.3) is 0 Å². The third-order valence-electron chi connectivity index (χ3n) is 0.0398. The lowest BCUT2D eigenvalue weighted by Gasteiger charge is -1.52. The maximum absolute atomic E-state index is 8.97. The second-order valence-electron chi connectivity index (χ2n) is 0.187. The Morgan fingerprint density at radius 2 is 2.25 bits per heavy atom. The van der Waals surface area contributed by atoms with Crippen LogP contribution in [-0.4, -0.2) is 7.73 Å². The van der Waals surface area contributed by atoms with Crippen LogP contribution >= 0.6 is 21.6 Å². The highest BCUT2D eigenvalue weighted by atomic mass is 127. The van der Waals surface area contributed by atoms with Crippen molar-refractivity contribution < 1.29 is 8.23 Å². The summed E-state index contributed by atoms with van der Waals surface area (Å²) in [6.45, 7) is 0. The third kappa shape index (κ3) is 2.36. The fourth-order valence-electron chi connectivity index (χ4n) is 0. The molecule has 0 amide bonds. The van der Waals surface area contributed by atoms with Gasteiger partial charge in [-0.15, -0.1) is 0 Å². The standard InChI is InChI=1S/CH2IO2/c3-1-2-4/h1,4H.